The molecule has 4 rings (SSSR count). The molecule has 1 aromatic heterocycles. The lowest BCUT2D eigenvalue weighted by Crippen LogP contribution is -2.55. The normalized spacial score (nSPS) is 18.8. The Morgan fingerprint density at radius 3 is 2.35 bits per heavy atom. The molecular formula is C30H33N5O11. The van der Waals surface area contributed by atoms with E-state index in [1.807, 2.05) is 0 Å². The number of aromatic nitrogens is 2. The minimum atomic E-state index is -1.75. The van der Waals surface area contributed by atoms with Crippen LogP contribution in [-0.4, -0.2) is 84.4 Å². The zero-order valence-corrected chi connectivity index (χ0v) is 24.6. The zero-order valence-electron chi connectivity index (χ0n) is 24.6. The number of aliphatic hydroxyl groups excluding tert-OH is 2. The Morgan fingerprint density at radius 1 is 1.17 bits per heavy atom. The van der Waals surface area contributed by atoms with E-state index >= 15 is 0 Å². The molecule has 1 fully saturated rings. The van der Waals surface area contributed by atoms with Crippen molar-refractivity contribution >= 4 is 23.8 Å². The van der Waals surface area contributed by atoms with Gasteiger partial charge in [0.1, 0.15) is 35.3 Å². The lowest BCUT2D eigenvalue weighted by molar-refractivity contribution is -0.155. The first-order valence-electron chi connectivity index (χ1n) is 13.9. The number of amides is 2. The average molecular weight is 640 g/mol. The number of nitrogens with one attached hydrogen (secondary N) is 1. The van der Waals surface area contributed by atoms with Crippen molar-refractivity contribution in [2.75, 3.05) is 18.5 Å². The molecule has 0 spiro atoms. The Balaban J connectivity index is 1.32. The van der Waals surface area contributed by atoms with Crippen LogP contribution in [0.3, 0.4) is 0 Å². The molecule has 16 nitrogen and oxygen atoms in total. The van der Waals surface area contributed by atoms with Crippen LogP contribution in [0.1, 0.15) is 18.9 Å². The summed E-state index contributed by atoms with van der Waals surface area (Å²) in [5.41, 5.74) is -1.91. The fourth-order valence-corrected chi connectivity index (χ4v) is 4.69. The highest BCUT2D eigenvalue weighted by Crippen LogP contribution is 2.34. The van der Waals surface area contributed by atoms with E-state index in [4.69, 9.17) is 20.1 Å². The van der Waals surface area contributed by atoms with Crippen LogP contribution in [0.5, 0.6) is 17.2 Å². The van der Waals surface area contributed by atoms with Gasteiger partial charge in [-0.3, -0.25) is 19.7 Å². The van der Waals surface area contributed by atoms with Gasteiger partial charge in [-0.05, 0) is 61.4 Å². The first-order chi connectivity index (χ1) is 21.8. The predicted molar refractivity (Wildman–Crippen MR) is 160 cm³/mol. The van der Waals surface area contributed by atoms with Crippen molar-refractivity contribution < 1.29 is 49.0 Å². The second kappa shape index (κ2) is 14.2. The molecule has 16 heteroatoms. The Bertz CT molecular complexity index is 1640. The number of ether oxygens (including phenoxy) is 3. The molecule has 46 heavy (non-hydrogen) atoms. The maximum Gasteiger partial charge on any atom is 0.413 e. The number of aliphatic carboxylic acids is 1. The standard InChI is InChI=1S/C30H33N5O11/c1-17-23(38)15-44-30(17,16-36)34-14-13-24(32-28(34)42)33-29(43)45-18(2)26(27(40)41)35(31)25(39)12-5-19-3-8-21(9-4-19)46-22-10-6-20(37)7-11-22/h3-4,6-11,13-14,18,23,26,36-38H,1,5,12,15-16,31H2,2H3,(H,40,41)(H,32,33,42,43)/t18-,23+,26-,30+/m1/s1. The molecule has 2 aromatic carbocycles. The van der Waals surface area contributed by atoms with E-state index in [-0.39, 0.29) is 36.6 Å². The van der Waals surface area contributed by atoms with Gasteiger partial charge < -0.3 is 34.6 Å². The van der Waals surface area contributed by atoms with E-state index in [9.17, 15) is 39.6 Å². The monoisotopic (exact) mass is 639 g/mol. The summed E-state index contributed by atoms with van der Waals surface area (Å²) in [6.45, 7) is 3.98. The second-order valence-corrected chi connectivity index (χ2v) is 10.3. The van der Waals surface area contributed by atoms with E-state index in [0.29, 0.717) is 16.5 Å². The minimum Gasteiger partial charge on any atom is -0.508 e. The van der Waals surface area contributed by atoms with Gasteiger partial charge in [-0.25, -0.2) is 20.2 Å². The molecule has 1 aliphatic rings. The number of nitrogens with zero attached hydrogens (tertiary/aromatic N) is 3. The number of carbonyl (C=O) groups excluding carboxylic acids is 2. The van der Waals surface area contributed by atoms with Gasteiger partial charge in [-0.1, -0.05) is 18.7 Å². The molecule has 1 saturated heterocycles. The van der Waals surface area contributed by atoms with E-state index in [2.05, 4.69) is 16.9 Å². The van der Waals surface area contributed by atoms with Gasteiger partial charge in [0.25, 0.3) is 0 Å². The molecule has 2 amide bonds. The van der Waals surface area contributed by atoms with Crippen molar-refractivity contribution in [2.45, 2.75) is 43.7 Å². The largest absolute Gasteiger partial charge is 0.508 e. The van der Waals surface area contributed by atoms with Gasteiger partial charge in [0.2, 0.25) is 5.91 Å². The Kier molecular flexibility index (Phi) is 10.4. The number of carboxylic acid groups (broad SMARTS) is 1. The van der Waals surface area contributed by atoms with E-state index in [0.717, 1.165) is 16.3 Å². The zero-order chi connectivity index (χ0) is 33.6. The summed E-state index contributed by atoms with van der Waals surface area (Å²) in [5.74, 6) is 4.48. The number of hydrazine groups is 1. The third kappa shape index (κ3) is 7.49. The van der Waals surface area contributed by atoms with Crippen LogP contribution in [-0.2, 0) is 31.2 Å². The number of aromatic hydroxyl groups is 1. The number of aliphatic hydroxyl groups is 2. The summed E-state index contributed by atoms with van der Waals surface area (Å²) >= 11 is 0. The topological polar surface area (TPSA) is 236 Å². The summed E-state index contributed by atoms with van der Waals surface area (Å²) in [7, 11) is 0. The number of nitrogens with two attached hydrogens (primary N) is 1. The summed E-state index contributed by atoms with van der Waals surface area (Å²) in [4.78, 5) is 53.7. The molecule has 0 unspecified atom stereocenters. The molecule has 3 aromatic rings. The van der Waals surface area contributed by atoms with Crippen LogP contribution in [0.25, 0.3) is 0 Å². The fraction of sp³-hybridized carbons (Fsp3) is 0.300. The number of carbonyl (C=O) groups is 3. The Labute approximate surface area is 261 Å². The number of benzene rings is 2. The molecule has 0 bridgehead atoms. The molecule has 0 saturated carbocycles. The predicted octanol–water partition coefficient (Wildman–Crippen LogP) is 1.06. The van der Waals surface area contributed by atoms with E-state index < -0.39 is 54.2 Å². The lowest BCUT2D eigenvalue weighted by atomic mass is 10.0. The first-order valence-corrected chi connectivity index (χ1v) is 13.9. The first kappa shape index (κ1) is 33.6. The highest BCUT2D eigenvalue weighted by molar-refractivity contribution is 5.86. The maximum absolute atomic E-state index is 12.8. The van der Waals surface area contributed by atoms with Crippen molar-refractivity contribution in [2.24, 2.45) is 5.84 Å². The SMILES string of the molecule is C=C1[C@@H](O)CO[C@]1(CO)n1ccc(NC(=O)O[C@H](C)[C@H](C(=O)O)N(N)C(=O)CCc2ccc(Oc3ccc(O)cc3)cc2)nc1=O. The molecule has 7 N–H and O–H groups in total. The smallest absolute Gasteiger partial charge is 0.413 e. The number of phenols is 1. The number of aryl methyl sites for hydroxylation is 1. The van der Waals surface area contributed by atoms with Crippen LogP contribution in [0, 0.1) is 0 Å². The van der Waals surface area contributed by atoms with Crippen molar-refractivity contribution in [3.63, 3.8) is 0 Å². The third-order valence-electron chi connectivity index (χ3n) is 7.22. The molecular weight excluding hydrogens is 606 g/mol. The number of hydrogen-bond acceptors (Lipinski definition) is 12. The molecule has 1 aliphatic heterocycles. The molecule has 4 atom stereocenters. The number of phenolic OH excluding ortho intramolecular Hbond substituents is 1. The Hall–Kier alpha value is -5.29. The van der Waals surface area contributed by atoms with Crippen molar-refractivity contribution in [1.29, 1.82) is 0 Å². The summed E-state index contributed by atoms with van der Waals surface area (Å²) in [6, 6.07) is 12.4. The van der Waals surface area contributed by atoms with Gasteiger partial charge in [-0.2, -0.15) is 4.98 Å². The van der Waals surface area contributed by atoms with Crippen LogP contribution < -0.4 is 21.6 Å². The van der Waals surface area contributed by atoms with Gasteiger partial charge in [0, 0.05) is 18.2 Å². The van der Waals surface area contributed by atoms with Crippen LogP contribution in [0.15, 0.2) is 77.7 Å². The van der Waals surface area contributed by atoms with Gasteiger partial charge in [0.15, 0.2) is 11.8 Å². The van der Waals surface area contributed by atoms with Crippen LogP contribution >= 0.6 is 0 Å². The minimum absolute atomic E-state index is 0.0444. The average Bonchev–Trinajstić information content (AvgIpc) is 3.31. The van der Waals surface area contributed by atoms with Crippen molar-refractivity contribution in [3.8, 4) is 17.2 Å². The fourth-order valence-electron chi connectivity index (χ4n) is 4.69. The number of rotatable bonds is 12. The van der Waals surface area contributed by atoms with E-state index in [1.54, 1.807) is 36.4 Å². The lowest BCUT2D eigenvalue weighted by Gasteiger charge is -2.29. The highest BCUT2D eigenvalue weighted by atomic mass is 16.6. The molecule has 244 valence electrons. The molecule has 2 heterocycles. The molecule has 0 radical (unpaired) electrons. The van der Waals surface area contributed by atoms with Crippen molar-refractivity contribution in [3.05, 3.63) is 89.0 Å². The van der Waals surface area contributed by atoms with Crippen LogP contribution in [0.4, 0.5) is 10.6 Å². The van der Waals surface area contributed by atoms with Crippen LogP contribution in [0.2, 0.25) is 0 Å². The van der Waals surface area contributed by atoms with Gasteiger partial charge in [-0.15, -0.1) is 0 Å². The molecule has 0 aliphatic carbocycles. The third-order valence-corrected chi connectivity index (χ3v) is 7.22. The van der Waals surface area contributed by atoms with E-state index in [1.165, 1.54) is 25.1 Å². The van der Waals surface area contributed by atoms with Gasteiger partial charge >= 0.3 is 17.8 Å². The summed E-state index contributed by atoms with van der Waals surface area (Å²) in [5, 5.41) is 41.6. The maximum atomic E-state index is 12.8. The van der Waals surface area contributed by atoms with Gasteiger partial charge in [0.05, 0.1) is 13.2 Å². The quantitative estimate of drug-likeness (QED) is 0.0705. The number of anilines is 1. The number of hydrogen-bond donors (Lipinski definition) is 6. The summed E-state index contributed by atoms with van der Waals surface area (Å²) in [6.07, 6.45) is -2.51. The van der Waals surface area contributed by atoms with Crippen molar-refractivity contribution in [1.82, 2.24) is 14.6 Å². The Morgan fingerprint density at radius 2 is 1.80 bits per heavy atom. The highest BCUT2D eigenvalue weighted by Gasteiger charge is 2.46. The summed E-state index contributed by atoms with van der Waals surface area (Å²) < 4.78 is 17.1. The second-order valence-electron chi connectivity index (χ2n) is 10.3. The number of carboxylic acids is 1.